The lowest BCUT2D eigenvalue weighted by molar-refractivity contribution is 0.0735. The van der Waals surface area contributed by atoms with Crippen LogP contribution < -0.4 is 4.74 Å². The smallest absolute Gasteiger partial charge is 0.343 e. The average molecular weight is 432 g/mol. The molecule has 1 aromatic heterocycles. The minimum Gasteiger partial charge on any atom is -0.423 e. The van der Waals surface area contributed by atoms with Crippen molar-refractivity contribution in [3.63, 3.8) is 0 Å². The van der Waals surface area contributed by atoms with Crippen molar-refractivity contribution in [3.05, 3.63) is 83.6 Å². The molecule has 0 atom stereocenters. The van der Waals surface area contributed by atoms with Crippen molar-refractivity contribution < 1.29 is 14.3 Å². The Balaban J connectivity index is 1.52. The third-order valence-corrected chi connectivity index (χ3v) is 5.35. The van der Waals surface area contributed by atoms with Gasteiger partial charge in [-0.1, -0.05) is 51.3 Å². The van der Waals surface area contributed by atoms with Gasteiger partial charge in [-0.05, 0) is 72.9 Å². The summed E-state index contributed by atoms with van der Waals surface area (Å²) in [6, 6.07) is 19.1. The molecule has 4 heteroatoms. The van der Waals surface area contributed by atoms with Crippen LogP contribution in [0.25, 0.3) is 11.3 Å². The zero-order chi connectivity index (χ0) is 22.6. The van der Waals surface area contributed by atoms with Gasteiger partial charge < -0.3 is 9.47 Å². The van der Waals surface area contributed by atoms with Crippen molar-refractivity contribution in [1.82, 2.24) is 4.98 Å². The molecule has 3 aromatic rings. The van der Waals surface area contributed by atoms with E-state index in [4.69, 9.17) is 9.47 Å². The van der Waals surface area contributed by atoms with Gasteiger partial charge in [0.05, 0.1) is 17.9 Å². The number of nitrogens with zero attached hydrogens (tertiary/aromatic N) is 1. The number of carbonyl (C=O) groups excluding carboxylic acids is 1. The Hall–Kier alpha value is -2.98. The number of unbranched alkanes of at least 4 members (excludes halogenated alkanes) is 3. The first kappa shape index (κ1) is 23.7. The van der Waals surface area contributed by atoms with Crippen molar-refractivity contribution in [2.75, 3.05) is 6.61 Å². The SMILES string of the molecule is CCCCCOCc1ccc(-c2ccc(OC(=O)c3ccc(CCCC)cc3)cc2)nc1. The van der Waals surface area contributed by atoms with Crippen LogP contribution in [0.1, 0.15) is 67.4 Å². The summed E-state index contributed by atoms with van der Waals surface area (Å²) in [4.78, 5) is 17.0. The van der Waals surface area contributed by atoms with Crippen LogP contribution in [-0.4, -0.2) is 17.6 Å². The Morgan fingerprint density at radius 1 is 0.812 bits per heavy atom. The van der Waals surface area contributed by atoms with E-state index in [-0.39, 0.29) is 5.97 Å². The molecule has 1 heterocycles. The largest absolute Gasteiger partial charge is 0.423 e. The van der Waals surface area contributed by atoms with E-state index in [2.05, 4.69) is 18.8 Å². The normalized spacial score (nSPS) is 10.8. The Kier molecular flexibility index (Phi) is 9.45. The van der Waals surface area contributed by atoms with Crippen LogP contribution in [-0.2, 0) is 17.8 Å². The van der Waals surface area contributed by atoms with E-state index in [1.807, 2.05) is 54.7 Å². The number of ether oxygens (including phenoxy) is 2. The average Bonchev–Trinajstić information content (AvgIpc) is 2.84. The fourth-order valence-corrected chi connectivity index (χ4v) is 3.37. The number of hydrogen-bond donors (Lipinski definition) is 0. The molecular formula is C28H33NO3. The highest BCUT2D eigenvalue weighted by Crippen LogP contribution is 2.22. The molecule has 3 rings (SSSR count). The molecule has 0 bridgehead atoms. The topological polar surface area (TPSA) is 48.4 Å². The van der Waals surface area contributed by atoms with E-state index >= 15 is 0 Å². The number of esters is 1. The number of carbonyl (C=O) groups is 1. The number of aryl methyl sites for hydroxylation is 1. The zero-order valence-corrected chi connectivity index (χ0v) is 19.2. The maximum absolute atomic E-state index is 12.4. The van der Waals surface area contributed by atoms with Crippen molar-refractivity contribution in [2.45, 2.75) is 59.0 Å². The highest BCUT2D eigenvalue weighted by atomic mass is 16.5. The van der Waals surface area contributed by atoms with Crippen LogP contribution >= 0.6 is 0 Å². The first-order valence-corrected chi connectivity index (χ1v) is 11.6. The lowest BCUT2D eigenvalue weighted by Crippen LogP contribution is -2.08. The molecule has 0 fully saturated rings. The summed E-state index contributed by atoms with van der Waals surface area (Å²) in [5, 5.41) is 0. The number of pyridine rings is 1. The lowest BCUT2D eigenvalue weighted by Gasteiger charge is -2.08. The summed E-state index contributed by atoms with van der Waals surface area (Å²) in [5.41, 5.74) is 4.72. The van der Waals surface area contributed by atoms with Gasteiger partial charge in [-0.25, -0.2) is 4.79 Å². The molecule has 32 heavy (non-hydrogen) atoms. The molecule has 0 radical (unpaired) electrons. The van der Waals surface area contributed by atoms with Gasteiger partial charge in [0.1, 0.15) is 5.75 Å². The van der Waals surface area contributed by atoms with Gasteiger partial charge in [0.25, 0.3) is 0 Å². The molecule has 0 spiro atoms. The van der Waals surface area contributed by atoms with E-state index < -0.39 is 0 Å². The zero-order valence-electron chi connectivity index (χ0n) is 19.2. The van der Waals surface area contributed by atoms with Gasteiger partial charge in [0.15, 0.2) is 0 Å². The number of benzene rings is 2. The van der Waals surface area contributed by atoms with Gasteiger partial charge in [-0.2, -0.15) is 0 Å². The third-order valence-electron chi connectivity index (χ3n) is 5.35. The summed E-state index contributed by atoms with van der Waals surface area (Å²) in [5.74, 6) is 0.173. The summed E-state index contributed by atoms with van der Waals surface area (Å²) < 4.78 is 11.2. The second-order valence-electron chi connectivity index (χ2n) is 8.03. The van der Waals surface area contributed by atoms with E-state index in [0.717, 1.165) is 49.1 Å². The van der Waals surface area contributed by atoms with Crippen molar-refractivity contribution in [3.8, 4) is 17.0 Å². The van der Waals surface area contributed by atoms with Crippen LogP contribution in [0, 0.1) is 0 Å². The molecule has 168 valence electrons. The maximum Gasteiger partial charge on any atom is 0.343 e. The minimum absolute atomic E-state index is 0.346. The molecule has 0 amide bonds. The predicted molar refractivity (Wildman–Crippen MR) is 129 cm³/mol. The van der Waals surface area contributed by atoms with E-state index in [1.165, 1.54) is 18.4 Å². The Bertz CT molecular complexity index is 947. The quantitative estimate of drug-likeness (QED) is 0.176. The maximum atomic E-state index is 12.4. The number of rotatable bonds is 12. The van der Waals surface area contributed by atoms with E-state index in [0.29, 0.717) is 17.9 Å². The first-order chi connectivity index (χ1) is 15.7. The summed E-state index contributed by atoms with van der Waals surface area (Å²) in [7, 11) is 0. The van der Waals surface area contributed by atoms with Crippen LogP contribution in [0.3, 0.4) is 0 Å². The standard InChI is InChI=1S/C28H33NO3/c1-3-5-7-19-31-21-23-11-18-27(29-20-23)24-14-16-26(17-15-24)32-28(30)25-12-9-22(10-13-25)8-6-4-2/h9-18,20H,3-8,19,21H2,1-2H3. The molecule has 0 aliphatic carbocycles. The fraction of sp³-hybridized carbons (Fsp3) is 0.357. The molecule has 0 saturated carbocycles. The summed E-state index contributed by atoms with van der Waals surface area (Å²) in [6.45, 7) is 5.74. The molecule has 0 saturated heterocycles. The van der Waals surface area contributed by atoms with Gasteiger partial charge in [0.2, 0.25) is 0 Å². The second kappa shape index (κ2) is 12.8. The van der Waals surface area contributed by atoms with E-state index in [9.17, 15) is 4.79 Å². The Morgan fingerprint density at radius 2 is 1.53 bits per heavy atom. The highest BCUT2D eigenvalue weighted by Gasteiger charge is 2.09. The summed E-state index contributed by atoms with van der Waals surface area (Å²) >= 11 is 0. The van der Waals surface area contributed by atoms with Crippen LogP contribution in [0.2, 0.25) is 0 Å². The van der Waals surface area contributed by atoms with Crippen LogP contribution in [0.4, 0.5) is 0 Å². The van der Waals surface area contributed by atoms with E-state index in [1.54, 1.807) is 12.1 Å². The predicted octanol–water partition coefficient (Wildman–Crippen LogP) is 7.02. The van der Waals surface area contributed by atoms with Crippen LogP contribution in [0.15, 0.2) is 66.9 Å². The monoisotopic (exact) mass is 431 g/mol. The molecule has 4 nitrogen and oxygen atoms in total. The Morgan fingerprint density at radius 3 is 2.19 bits per heavy atom. The fourth-order valence-electron chi connectivity index (χ4n) is 3.37. The lowest BCUT2D eigenvalue weighted by atomic mass is 10.1. The molecular weight excluding hydrogens is 398 g/mol. The summed E-state index contributed by atoms with van der Waals surface area (Å²) in [6.07, 6.45) is 8.70. The Labute approximate surface area is 191 Å². The number of aromatic nitrogens is 1. The molecule has 0 aliphatic rings. The van der Waals surface area contributed by atoms with Crippen molar-refractivity contribution >= 4 is 5.97 Å². The number of hydrogen-bond acceptors (Lipinski definition) is 4. The van der Waals surface area contributed by atoms with Gasteiger partial charge in [-0.15, -0.1) is 0 Å². The molecule has 0 aliphatic heterocycles. The van der Waals surface area contributed by atoms with Gasteiger partial charge in [-0.3, -0.25) is 4.98 Å². The molecule has 0 unspecified atom stereocenters. The highest BCUT2D eigenvalue weighted by molar-refractivity contribution is 5.91. The second-order valence-corrected chi connectivity index (χ2v) is 8.03. The van der Waals surface area contributed by atoms with Crippen molar-refractivity contribution in [1.29, 1.82) is 0 Å². The van der Waals surface area contributed by atoms with Crippen molar-refractivity contribution in [2.24, 2.45) is 0 Å². The first-order valence-electron chi connectivity index (χ1n) is 11.6. The third kappa shape index (κ3) is 7.31. The van der Waals surface area contributed by atoms with Gasteiger partial charge in [0, 0.05) is 18.4 Å². The minimum atomic E-state index is -0.346. The molecule has 0 N–H and O–H groups in total. The van der Waals surface area contributed by atoms with Crippen LogP contribution in [0.5, 0.6) is 5.75 Å². The molecule has 2 aromatic carbocycles. The van der Waals surface area contributed by atoms with Gasteiger partial charge >= 0.3 is 5.97 Å².